The molecule has 0 amide bonds. The van der Waals surface area contributed by atoms with Crippen LogP contribution in [-0.4, -0.2) is 40.6 Å². The number of ether oxygens (including phenoxy) is 1. The van der Waals surface area contributed by atoms with Gasteiger partial charge in [-0.25, -0.2) is 0 Å². The fraction of sp³-hybridized carbons (Fsp3) is 0.469. The first-order valence-electron chi connectivity index (χ1n) is 13.9. The molecule has 0 aliphatic carbocycles. The Morgan fingerprint density at radius 1 is 1.00 bits per heavy atom. The molecule has 1 aliphatic rings. The molecular formula is C32H43N3O2. The summed E-state index contributed by atoms with van der Waals surface area (Å²) in [6.07, 6.45) is 12.6. The minimum atomic E-state index is -0.000770. The number of hydrogen-bond donors (Lipinski definition) is 1. The van der Waals surface area contributed by atoms with Gasteiger partial charge in [0.15, 0.2) is 5.78 Å². The molecule has 5 heteroatoms. The third-order valence-corrected chi connectivity index (χ3v) is 7.46. The Kier molecular flexibility index (Phi) is 8.75. The Bertz CT molecular complexity index is 1250. The molecule has 1 aliphatic heterocycles. The number of benzene rings is 2. The minimum absolute atomic E-state index is 0.000770. The maximum Gasteiger partial charge on any atom is 0.193 e. The van der Waals surface area contributed by atoms with Crippen molar-refractivity contribution in [1.82, 2.24) is 9.58 Å². The second-order valence-electron chi connectivity index (χ2n) is 11.3. The molecule has 0 radical (unpaired) electrons. The Morgan fingerprint density at radius 2 is 1.76 bits per heavy atom. The normalized spacial score (nSPS) is 14.6. The lowest BCUT2D eigenvalue weighted by Crippen LogP contribution is -2.43. The van der Waals surface area contributed by atoms with Crippen molar-refractivity contribution in [2.45, 2.75) is 78.2 Å². The maximum atomic E-state index is 13.5. The first-order valence-corrected chi connectivity index (χ1v) is 13.9. The smallest absolute Gasteiger partial charge is 0.193 e. The SMILES string of the molecule is CCCCCCCCOc1cccc(C(=O)c2ccc3c(c2)c(C2=CCN(C(C)(C)C)CC2)cn3N)c1. The van der Waals surface area contributed by atoms with Crippen LogP contribution >= 0.6 is 0 Å². The Hall–Kier alpha value is -3.05. The van der Waals surface area contributed by atoms with Crippen molar-refractivity contribution in [3.8, 4) is 5.75 Å². The fourth-order valence-corrected chi connectivity index (χ4v) is 5.14. The van der Waals surface area contributed by atoms with Crippen LogP contribution in [0.25, 0.3) is 16.5 Å². The fourth-order valence-electron chi connectivity index (χ4n) is 5.14. The van der Waals surface area contributed by atoms with Gasteiger partial charge in [0.2, 0.25) is 0 Å². The van der Waals surface area contributed by atoms with Gasteiger partial charge < -0.3 is 10.6 Å². The number of fused-ring (bicyclic) bond motifs is 1. The average molecular weight is 502 g/mol. The number of nitrogen functional groups attached to an aromatic ring is 1. The first-order chi connectivity index (χ1) is 17.8. The van der Waals surface area contributed by atoms with Crippen LogP contribution in [-0.2, 0) is 0 Å². The molecule has 2 N–H and O–H groups in total. The summed E-state index contributed by atoms with van der Waals surface area (Å²) in [7, 11) is 0. The zero-order valence-corrected chi connectivity index (χ0v) is 23.1. The van der Waals surface area contributed by atoms with Gasteiger partial charge in [0, 0.05) is 46.9 Å². The van der Waals surface area contributed by atoms with Crippen molar-refractivity contribution in [3.05, 3.63) is 71.4 Å². The highest BCUT2D eigenvalue weighted by Gasteiger charge is 2.24. The van der Waals surface area contributed by atoms with E-state index in [4.69, 9.17) is 10.6 Å². The number of unbranched alkanes of at least 4 members (excludes halogenated alkanes) is 5. The van der Waals surface area contributed by atoms with E-state index >= 15 is 0 Å². The van der Waals surface area contributed by atoms with Crippen LogP contribution in [0.5, 0.6) is 5.75 Å². The van der Waals surface area contributed by atoms with E-state index in [0.29, 0.717) is 17.7 Å². The highest BCUT2D eigenvalue weighted by molar-refractivity contribution is 6.11. The van der Waals surface area contributed by atoms with Gasteiger partial charge in [0.25, 0.3) is 0 Å². The maximum absolute atomic E-state index is 13.5. The van der Waals surface area contributed by atoms with Gasteiger partial charge in [-0.1, -0.05) is 57.2 Å². The predicted molar refractivity (Wildman–Crippen MR) is 155 cm³/mol. The molecule has 3 aromatic rings. The van der Waals surface area contributed by atoms with Crippen molar-refractivity contribution in [1.29, 1.82) is 0 Å². The summed E-state index contributed by atoms with van der Waals surface area (Å²) in [4.78, 5) is 15.9. The summed E-state index contributed by atoms with van der Waals surface area (Å²) in [6.45, 7) is 11.6. The number of nitrogens with zero attached hydrogens (tertiary/aromatic N) is 2. The zero-order chi connectivity index (χ0) is 26.4. The number of rotatable bonds is 11. The van der Waals surface area contributed by atoms with Crippen molar-refractivity contribution in [2.24, 2.45) is 0 Å². The summed E-state index contributed by atoms with van der Waals surface area (Å²) >= 11 is 0. The zero-order valence-electron chi connectivity index (χ0n) is 23.1. The lowest BCUT2D eigenvalue weighted by atomic mass is 9.94. The van der Waals surface area contributed by atoms with Crippen LogP contribution in [0.3, 0.4) is 0 Å². The van der Waals surface area contributed by atoms with Crippen molar-refractivity contribution >= 4 is 22.3 Å². The van der Waals surface area contributed by atoms with E-state index in [0.717, 1.165) is 48.1 Å². The molecular weight excluding hydrogens is 458 g/mol. The van der Waals surface area contributed by atoms with E-state index in [1.165, 1.54) is 37.7 Å². The summed E-state index contributed by atoms with van der Waals surface area (Å²) in [5, 5.41) is 1.03. The average Bonchev–Trinajstić information content (AvgIpc) is 3.23. The van der Waals surface area contributed by atoms with E-state index in [9.17, 15) is 4.79 Å². The number of carbonyl (C=O) groups excluding carboxylic acids is 1. The Labute approximate surface area is 222 Å². The standard InChI is InChI=1S/C32H43N3O2/c1-5-6-7-8-9-10-20-37-27-13-11-12-25(21-27)31(36)26-14-15-30-28(22-26)29(23-35(30)33)24-16-18-34(19-17-24)32(2,3)4/h11-16,21-23H,5-10,17-20,33H2,1-4H3. The predicted octanol–water partition coefficient (Wildman–Crippen LogP) is 7.21. The van der Waals surface area contributed by atoms with Crippen molar-refractivity contribution < 1.29 is 9.53 Å². The second-order valence-corrected chi connectivity index (χ2v) is 11.3. The molecule has 0 unspecified atom stereocenters. The molecule has 2 heterocycles. The minimum Gasteiger partial charge on any atom is -0.494 e. The third-order valence-electron chi connectivity index (χ3n) is 7.46. The van der Waals surface area contributed by atoms with Crippen LogP contribution in [0.2, 0.25) is 0 Å². The molecule has 0 atom stereocenters. The molecule has 0 saturated heterocycles. The Balaban J connectivity index is 1.48. The topological polar surface area (TPSA) is 60.5 Å². The Morgan fingerprint density at radius 3 is 2.49 bits per heavy atom. The molecule has 0 saturated carbocycles. The molecule has 0 spiro atoms. The first kappa shape index (κ1) is 27.0. The van der Waals surface area contributed by atoms with Crippen LogP contribution in [0.1, 0.15) is 94.1 Å². The molecule has 1 aromatic heterocycles. The van der Waals surface area contributed by atoms with Crippen molar-refractivity contribution in [2.75, 3.05) is 25.5 Å². The van der Waals surface area contributed by atoms with E-state index in [2.05, 4.69) is 38.7 Å². The van der Waals surface area contributed by atoms with Gasteiger partial charge >= 0.3 is 0 Å². The molecule has 0 bridgehead atoms. The molecule has 0 fully saturated rings. The second kappa shape index (κ2) is 12.0. The van der Waals surface area contributed by atoms with Crippen LogP contribution in [0.4, 0.5) is 0 Å². The summed E-state index contributed by atoms with van der Waals surface area (Å²) in [5.74, 6) is 7.06. The molecule has 4 rings (SSSR count). The highest BCUT2D eigenvalue weighted by Crippen LogP contribution is 2.33. The van der Waals surface area contributed by atoms with E-state index < -0.39 is 0 Å². The number of nitrogens with two attached hydrogens (primary N) is 1. The van der Waals surface area contributed by atoms with E-state index in [-0.39, 0.29) is 11.3 Å². The lowest BCUT2D eigenvalue weighted by Gasteiger charge is -2.37. The van der Waals surface area contributed by atoms with Gasteiger partial charge in [0.05, 0.1) is 12.1 Å². The van der Waals surface area contributed by atoms with Gasteiger partial charge in [-0.05, 0) is 69.5 Å². The summed E-state index contributed by atoms with van der Waals surface area (Å²) in [5.41, 5.74) is 4.81. The van der Waals surface area contributed by atoms with Gasteiger partial charge in [-0.15, -0.1) is 0 Å². The monoisotopic (exact) mass is 501 g/mol. The lowest BCUT2D eigenvalue weighted by molar-refractivity contribution is 0.103. The van der Waals surface area contributed by atoms with Crippen molar-refractivity contribution in [3.63, 3.8) is 0 Å². The summed E-state index contributed by atoms with van der Waals surface area (Å²) in [6, 6.07) is 13.4. The van der Waals surface area contributed by atoms with Crippen LogP contribution in [0.15, 0.2) is 54.7 Å². The third kappa shape index (κ3) is 6.64. The molecule has 2 aromatic carbocycles. The molecule has 198 valence electrons. The number of ketones is 1. The van der Waals surface area contributed by atoms with Gasteiger partial charge in [-0.3, -0.25) is 14.4 Å². The molecule has 5 nitrogen and oxygen atoms in total. The quantitative estimate of drug-likeness (QED) is 0.171. The van der Waals surface area contributed by atoms with Gasteiger partial charge in [0.1, 0.15) is 5.75 Å². The summed E-state index contributed by atoms with van der Waals surface area (Å²) < 4.78 is 7.63. The van der Waals surface area contributed by atoms with E-state index in [1.54, 1.807) is 4.68 Å². The van der Waals surface area contributed by atoms with Crippen LogP contribution in [0, 0.1) is 0 Å². The highest BCUT2D eigenvalue weighted by atomic mass is 16.5. The molecule has 37 heavy (non-hydrogen) atoms. The number of aromatic nitrogens is 1. The van der Waals surface area contributed by atoms with Gasteiger partial charge in [-0.2, -0.15) is 0 Å². The van der Waals surface area contributed by atoms with Crippen LogP contribution < -0.4 is 10.6 Å². The number of hydrogen-bond acceptors (Lipinski definition) is 4. The van der Waals surface area contributed by atoms with E-state index in [1.807, 2.05) is 48.7 Å². The largest absolute Gasteiger partial charge is 0.494 e. The number of carbonyl (C=O) groups is 1.